The number of carbonyl (C=O) groups is 1. The SMILES string of the molecule is COC(=O)c1cc(C2CC2)c2c(C)c(-c3ccncc3)ccn2c1=O. The average Bonchev–Trinajstić information content (AvgIpc) is 3.48. The molecule has 0 amide bonds. The number of esters is 1. The molecule has 0 unspecified atom stereocenters. The molecule has 0 atom stereocenters. The van der Waals surface area contributed by atoms with Gasteiger partial charge in [-0.3, -0.25) is 14.2 Å². The molecule has 0 bridgehead atoms. The van der Waals surface area contributed by atoms with Gasteiger partial charge in [-0.1, -0.05) is 0 Å². The van der Waals surface area contributed by atoms with Crippen LogP contribution in [0.2, 0.25) is 0 Å². The lowest BCUT2D eigenvalue weighted by atomic mass is 9.97. The summed E-state index contributed by atoms with van der Waals surface area (Å²) in [6.07, 6.45) is 7.42. The van der Waals surface area contributed by atoms with Gasteiger partial charge in [0.2, 0.25) is 0 Å². The van der Waals surface area contributed by atoms with Crippen molar-refractivity contribution in [2.45, 2.75) is 25.7 Å². The molecule has 0 aromatic carbocycles. The van der Waals surface area contributed by atoms with Crippen LogP contribution in [0.5, 0.6) is 0 Å². The molecule has 3 heterocycles. The van der Waals surface area contributed by atoms with Crippen molar-refractivity contribution in [3.8, 4) is 11.1 Å². The van der Waals surface area contributed by atoms with E-state index < -0.39 is 5.97 Å². The summed E-state index contributed by atoms with van der Waals surface area (Å²) in [5, 5.41) is 0. The van der Waals surface area contributed by atoms with Gasteiger partial charge in [0.15, 0.2) is 0 Å². The fraction of sp³-hybridized carbons (Fsp3) is 0.250. The lowest BCUT2D eigenvalue weighted by Gasteiger charge is -2.15. The third-order valence-corrected chi connectivity index (χ3v) is 4.83. The molecule has 3 aromatic rings. The summed E-state index contributed by atoms with van der Waals surface area (Å²) in [5.41, 5.74) is 4.86. The highest BCUT2D eigenvalue weighted by Gasteiger charge is 2.29. The third kappa shape index (κ3) is 2.52. The van der Waals surface area contributed by atoms with Gasteiger partial charge in [0.1, 0.15) is 5.56 Å². The minimum atomic E-state index is -0.586. The van der Waals surface area contributed by atoms with Crippen molar-refractivity contribution >= 4 is 11.5 Å². The molecule has 0 aliphatic heterocycles. The van der Waals surface area contributed by atoms with Crippen LogP contribution < -0.4 is 5.56 Å². The van der Waals surface area contributed by atoms with Crippen LogP contribution in [0.4, 0.5) is 0 Å². The van der Waals surface area contributed by atoms with Gasteiger partial charge < -0.3 is 4.74 Å². The number of carbonyl (C=O) groups excluding carboxylic acids is 1. The Morgan fingerprint density at radius 2 is 1.96 bits per heavy atom. The maximum absolute atomic E-state index is 12.8. The van der Waals surface area contributed by atoms with Crippen molar-refractivity contribution in [3.63, 3.8) is 0 Å². The second kappa shape index (κ2) is 5.84. The van der Waals surface area contributed by atoms with E-state index in [9.17, 15) is 9.59 Å². The number of fused-ring (bicyclic) bond motifs is 1. The zero-order valence-corrected chi connectivity index (χ0v) is 14.2. The van der Waals surface area contributed by atoms with Gasteiger partial charge in [0.05, 0.1) is 12.6 Å². The Morgan fingerprint density at radius 1 is 1.24 bits per heavy atom. The van der Waals surface area contributed by atoms with E-state index in [1.54, 1.807) is 29.1 Å². The summed E-state index contributed by atoms with van der Waals surface area (Å²) in [4.78, 5) is 28.8. The number of aromatic nitrogens is 2. The van der Waals surface area contributed by atoms with E-state index in [0.29, 0.717) is 5.92 Å². The highest BCUT2D eigenvalue weighted by Crippen LogP contribution is 2.43. The Morgan fingerprint density at radius 3 is 2.60 bits per heavy atom. The molecule has 5 nitrogen and oxygen atoms in total. The first-order chi connectivity index (χ1) is 12.1. The van der Waals surface area contributed by atoms with E-state index in [2.05, 4.69) is 4.98 Å². The molecule has 4 rings (SSSR count). The quantitative estimate of drug-likeness (QED) is 0.689. The number of hydrogen-bond acceptors (Lipinski definition) is 4. The predicted molar refractivity (Wildman–Crippen MR) is 94.9 cm³/mol. The van der Waals surface area contributed by atoms with Crippen molar-refractivity contribution in [3.05, 3.63) is 69.9 Å². The Hall–Kier alpha value is -2.95. The summed E-state index contributed by atoms with van der Waals surface area (Å²) in [6.45, 7) is 2.02. The van der Waals surface area contributed by atoms with Crippen molar-refractivity contribution < 1.29 is 9.53 Å². The van der Waals surface area contributed by atoms with Crippen LogP contribution in [0.1, 0.15) is 40.2 Å². The third-order valence-electron chi connectivity index (χ3n) is 4.83. The summed E-state index contributed by atoms with van der Waals surface area (Å²) >= 11 is 0. The topological polar surface area (TPSA) is 60.7 Å². The monoisotopic (exact) mass is 334 g/mol. The Bertz CT molecular complexity index is 1030. The van der Waals surface area contributed by atoms with Crippen LogP contribution in [0.25, 0.3) is 16.6 Å². The molecule has 126 valence electrons. The number of hydrogen-bond donors (Lipinski definition) is 0. The van der Waals surface area contributed by atoms with Gasteiger partial charge in [-0.2, -0.15) is 0 Å². The maximum atomic E-state index is 12.8. The van der Waals surface area contributed by atoms with Crippen LogP contribution in [0, 0.1) is 6.92 Å². The van der Waals surface area contributed by atoms with Gasteiger partial charge >= 0.3 is 5.97 Å². The second-order valence-corrected chi connectivity index (χ2v) is 6.39. The largest absolute Gasteiger partial charge is 0.465 e. The van der Waals surface area contributed by atoms with Gasteiger partial charge in [0.25, 0.3) is 5.56 Å². The van der Waals surface area contributed by atoms with Crippen molar-refractivity contribution in [2.24, 2.45) is 0 Å². The van der Waals surface area contributed by atoms with E-state index in [4.69, 9.17) is 4.74 Å². The number of rotatable bonds is 3. The van der Waals surface area contributed by atoms with Crippen LogP contribution in [-0.2, 0) is 4.74 Å². The van der Waals surface area contributed by atoms with Crippen molar-refractivity contribution in [1.82, 2.24) is 9.38 Å². The Balaban J connectivity index is 2.05. The van der Waals surface area contributed by atoms with Gasteiger partial charge in [0, 0.05) is 18.6 Å². The highest BCUT2D eigenvalue weighted by atomic mass is 16.5. The molecule has 0 spiro atoms. The molecule has 1 aliphatic carbocycles. The van der Waals surface area contributed by atoms with E-state index in [0.717, 1.165) is 40.6 Å². The Kier molecular flexibility index (Phi) is 3.64. The molecule has 0 N–H and O–H groups in total. The van der Waals surface area contributed by atoms with Crippen molar-refractivity contribution in [2.75, 3.05) is 7.11 Å². The number of methoxy groups -OCH3 is 1. The van der Waals surface area contributed by atoms with Gasteiger partial charge in [-0.15, -0.1) is 0 Å². The van der Waals surface area contributed by atoms with Crippen LogP contribution in [0.15, 0.2) is 47.7 Å². The summed E-state index contributed by atoms with van der Waals surface area (Å²) in [7, 11) is 1.30. The number of ether oxygens (including phenoxy) is 1. The number of nitrogens with zero attached hydrogens (tertiary/aromatic N) is 2. The van der Waals surface area contributed by atoms with E-state index in [-0.39, 0.29) is 11.1 Å². The zero-order valence-electron chi connectivity index (χ0n) is 14.2. The van der Waals surface area contributed by atoms with E-state index in [1.807, 2.05) is 25.1 Å². The summed E-state index contributed by atoms with van der Waals surface area (Å²) in [6, 6.07) is 7.55. The fourth-order valence-electron chi connectivity index (χ4n) is 3.40. The molecular formula is C20H18N2O3. The molecule has 5 heteroatoms. The van der Waals surface area contributed by atoms with E-state index >= 15 is 0 Å². The normalized spacial score (nSPS) is 13.8. The molecule has 1 aliphatic rings. The first-order valence-corrected chi connectivity index (χ1v) is 8.29. The number of pyridine rings is 3. The Labute approximate surface area is 144 Å². The minimum absolute atomic E-state index is 0.0953. The van der Waals surface area contributed by atoms with Crippen LogP contribution >= 0.6 is 0 Å². The van der Waals surface area contributed by atoms with Gasteiger partial charge in [-0.25, -0.2) is 4.79 Å². The number of aryl methyl sites for hydroxylation is 1. The smallest absolute Gasteiger partial charge is 0.343 e. The van der Waals surface area contributed by atoms with Crippen LogP contribution in [0.3, 0.4) is 0 Å². The minimum Gasteiger partial charge on any atom is -0.465 e. The zero-order chi connectivity index (χ0) is 17.6. The molecule has 25 heavy (non-hydrogen) atoms. The maximum Gasteiger partial charge on any atom is 0.343 e. The first-order valence-electron chi connectivity index (χ1n) is 8.29. The van der Waals surface area contributed by atoms with Crippen LogP contribution in [-0.4, -0.2) is 22.5 Å². The highest BCUT2D eigenvalue weighted by molar-refractivity contribution is 5.90. The van der Waals surface area contributed by atoms with Gasteiger partial charge in [-0.05, 0) is 72.2 Å². The molecule has 1 fully saturated rings. The fourth-order valence-corrected chi connectivity index (χ4v) is 3.40. The molecule has 0 saturated heterocycles. The lowest BCUT2D eigenvalue weighted by Crippen LogP contribution is -2.24. The molecular weight excluding hydrogens is 316 g/mol. The second-order valence-electron chi connectivity index (χ2n) is 6.39. The van der Waals surface area contributed by atoms with E-state index in [1.165, 1.54) is 7.11 Å². The summed E-state index contributed by atoms with van der Waals surface area (Å²) in [5.74, 6) is -0.192. The lowest BCUT2D eigenvalue weighted by molar-refractivity contribution is 0.0598. The molecule has 3 aromatic heterocycles. The van der Waals surface area contributed by atoms with Crippen molar-refractivity contribution in [1.29, 1.82) is 0 Å². The molecule has 0 radical (unpaired) electrons. The predicted octanol–water partition coefficient (Wildman–Crippen LogP) is 3.33. The molecule has 1 saturated carbocycles. The standard InChI is InChI=1S/C20H18N2O3/c1-12-15(14-5-8-21-9-6-14)7-10-22-18(12)16(13-3-4-13)11-17(19(22)23)20(24)25-2/h5-11,13H,3-4H2,1-2H3. The first kappa shape index (κ1) is 15.6. The average molecular weight is 334 g/mol. The summed E-state index contributed by atoms with van der Waals surface area (Å²) < 4.78 is 6.37.